The third kappa shape index (κ3) is 3.52. The molecule has 4 nitrogen and oxygen atoms in total. The second-order valence-corrected chi connectivity index (χ2v) is 6.51. The van der Waals surface area contributed by atoms with Crippen molar-refractivity contribution in [3.63, 3.8) is 0 Å². The van der Waals surface area contributed by atoms with Crippen LogP contribution in [0.5, 0.6) is 0 Å². The maximum atomic E-state index is 12.2. The van der Waals surface area contributed by atoms with Gasteiger partial charge in [-0.2, -0.15) is 0 Å². The van der Waals surface area contributed by atoms with Crippen LogP contribution in [0, 0.1) is 0 Å². The maximum absolute atomic E-state index is 12.2. The number of aromatic nitrogens is 2. The summed E-state index contributed by atoms with van der Waals surface area (Å²) in [5, 5.41) is 3.30. The summed E-state index contributed by atoms with van der Waals surface area (Å²) < 4.78 is 2.80. The molecule has 122 valence electrons. The Morgan fingerprint density at radius 3 is 2.83 bits per heavy atom. The normalized spacial score (nSPS) is 12.6. The zero-order chi connectivity index (χ0) is 17.1. The number of fused-ring (bicyclic) bond motifs is 1. The highest BCUT2D eigenvalue weighted by Gasteiger charge is 2.11. The number of hydrogen-bond acceptors (Lipinski definition) is 2. The van der Waals surface area contributed by atoms with Crippen LogP contribution in [-0.4, -0.2) is 15.3 Å². The zero-order valence-corrected chi connectivity index (χ0v) is 15.3. The molecule has 1 atom stereocenters. The molecule has 1 N–H and O–H groups in total. The van der Waals surface area contributed by atoms with E-state index in [9.17, 15) is 4.79 Å². The maximum Gasteiger partial charge on any atom is 0.244 e. The molecule has 6 heteroatoms. The molecule has 0 fully saturated rings. The summed E-state index contributed by atoms with van der Waals surface area (Å²) in [6, 6.07) is 13.3. The van der Waals surface area contributed by atoms with Crippen molar-refractivity contribution in [3.8, 4) is 0 Å². The van der Waals surface area contributed by atoms with E-state index in [1.165, 1.54) is 6.08 Å². The van der Waals surface area contributed by atoms with Crippen LogP contribution in [-0.2, 0) is 4.79 Å². The second kappa shape index (κ2) is 7.20. The van der Waals surface area contributed by atoms with Gasteiger partial charge in [-0.1, -0.05) is 51.8 Å². The van der Waals surface area contributed by atoms with E-state index in [0.29, 0.717) is 10.8 Å². The van der Waals surface area contributed by atoms with Crippen LogP contribution >= 0.6 is 27.5 Å². The lowest BCUT2D eigenvalue weighted by Crippen LogP contribution is -2.24. The van der Waals surface area contributed by atoms with Gasteiger partial charge in [0.15, 0.2) is 5.15 Å². The average molecular weight is 405 g/mol. The first kappa shape index (κ1) is 16.7. The van der Waals surface area contributed by atoms with E-state index in [1.807, 2.05) is 60.0 Å². The predicted molar refractivity (Wildman–Crippen MR) is 99.9 cm³/mol. The topological polar surface area (TPSA) is 46.4 Å². The van der Waals surface area contributed by atoms with Gasteiger partial charge in [0.05, 0.1) is 11.7 Å². The van der Waals surface area contributed by atoms with E-state index in [-0.39, 0.29) is 11.9 Å². The van der Waals surface area contributed by atoms with Gasteiger partial charge < -0.3 is 5.32 Å². The number of pyridine rings is 1. The lowest BCUT2D eigenvalue weighted by molar-refractivity contribution is -0.117. The summed E-state index contributed by atoms with van der Waals surface area (Å²) in [4.78, 5) is 16.4. The van der Waals surface area contributed by atoms with Crippen LogP contribution in [0.4, 0.5) is 0 Å². The van der Waals surface area contributed by atoms with Gasteiger partial charge in [-0.25, -0.2) is 4.98 Å². The summed E-state index contributed by atoms with van der Waals surface area (Å²) in [5.74, 6) is -0.194. The third-order valence-corrected chi connectivity index (χ3v) is 4.65. The highest BCUT2D eigenvalue weighted by Crippen LogP contribution is 2.23. The van der Waals surface area contributed by atoms with Crippen LogP contribution in [0.15, 0.2) is 59.2 Å². The minimum atomic E-state index is -0.194. The lowest BCUT2D eigenvalue weighted by Gasteiger charge is -2.14. The van der Waals surface area contributed by atoms with Crippen LogP contribution in [0.1, 0.15) is 24.2 Å². The Balaban J connectivity index is 1.76. The monoisotopic (exact) mass is 403 g/mol. The molecular formula is C18H15BrClN3O. The molecule has 0 saturated carbocycles. The highest BCUT2D eigenvalue weighted by atomic mass is 79.9. The summed E-state index contributed by atoms with van der Waals surface area (Å²) in [7, 11) is 0. The number of carbonyl (C=O) groups excluding carboxylic acids is 1. The fourth-order valence-electron chi connectivity index (χ4n) is 2.46. The number of rotatable bonds is 4. The fourth-order valence-corrected chi connectivity index (χ4v) is 3.32. The minimum Gasteiger partial charge on any atom is -0.346 e. The van der Waals surface area contributed by atoms with Crippen LogP contribution in [0.2, 0.25) is 5.15 Å². The van der Waals surface area contributed by atoms with Crippen molar-refractivity contribution in [1.29, 1.82) is 0 Å². The Hall–Kier alpha value is -2.11. The molecule has 1 amide bonds. The molecular weight excluding hydrogens is 390 g/mol. The van der Waals surface area contributed by atoms with E-state index in [0.717, 1.165) is 15.7 Å². The molecule has 0 aliphatic rings. The molecule has 3 aromatic rings. The van der Waals surface area contributed by atoms with Gasteiger partial charge in [0, 0.05) is 16.7 Å². The number of imidazole rings is 1. The Kier molecular flexibility index (Phi) is 5.02. The number of benzene rings is 1. The van der Waals surface area contributed by atoms with Gasteiger partial charge in [-0.05, 0) is 36.8 Å². The van der Waals surface area contributed by atoms with Crippen molar-refractivity contribution in [2.24, 2.45) is 0 Å². The summed E-state index contributed by atoms with van der Waals surface area (Å²) in [6.45, 7) is 1.94. The number of hydrogen-bond donors (Lipinski definition) is 1. The Labute approximate surface area is 153 Å². The van der Waals surface area contributed by atoms with Crippen molar-refractivity contribution in [3.05, 3.63) is 75.6 Å². The predicted octanol–water partition coefficient (Wildman–Crippen LogP) is 4.64. The number of nitrogens with zero attached hydrogens (tertiary/aromatic N) is 2. The number of carbonyl (C=O) groups is 1. The Bertz CT molecular complexity index is 920. The molecule has 2 heterocycles. The first-order valence-electron chi connectivity index (χ1n) is 7.42. The molecule has 0 unspecified atom stereocenters. The minimum absolute atomic E-state index is 0.115. The van der Waals surface area contributed by atoms with Crippen molar-refractivity contribution in [2.45, 2.75) is 13.0 Å². The number of nitrogens with one attached hydrogen (secondary N) is 1. The summed E-state index contributed by atoms with van der Waals surface area (Å²) in [6.07, 6.45) is 5.00. The third-order valence-electron chi connectivity index (χ3n) is 3.65. The quantitative estimate of drug-likeness (QED) is 0.644. The zero-order valence-electron chi connectivity index (χ0n) is 12.9. The fraction of sp³-hybridized carbons (Fsp3) is 0.111. The molecule has 1 aromatic carbocycles. The number of amides is 1. The van der Waals surface area contributed by atoms with Gasteiger partial charge in [0.25, 0.3) is 0 Å². The van der Waals surface area contributed by atoms with Crippen LogP contribution in [0.25, 0.3) is 11.7 Å². The molecule has 0 radical (unpaired) electrons. The molecule has 0 bridgehead atoms. The Morgan fingerprint density at radius 2 is 2.04 bits per heavy atom. The molecule has 0 spiro atoms. The van der Waals surface area contributed by atoms with Crippen LogP contribution < -0.4 is 5.32 Å². The average Bonchev–Trinajstić information content (AvgIpc) is 2.88. The van der Waals surface area contributed by atoms with Gasteiger partial charge in [0.1, 0.15) is 5.65 Å². The second-order valence-electron chi connectivity index (χ2n) is 5.30. The van der Waals surface area contributed by atoms with Gasteiger partial charge >= 0.3 is 0 Å². The van der Waals surface area contributed by atoms with Crippen molar-refractivity contribution in [2.75, 3.05) is 0 Å². The van der Waals surface area contributed by atoms with Crippen LogP contribution in [0.3, 0.4) is 0 Å². The van der Waals surface area contributed by atoms with E-state index in [2.05, 4.69) is 26.2 Å². The lowest BCUT2D eigenvalue weighted by atomic mass is 10.1. The van der Waals surface area contributed by atoms with Crippen molar-refractivity contribution in [1.82, 2.24) is 14.7 Å². The number of halogens is 2. The summed E-state index contributed by atoms with van der Waals surface area (Å²) in [5.41, 5.74) is 2.44. The molecule has 3 rings (SSSR count). The van der Waals surface area contributed by atoms with E-state index in [4.69, 9.17) is 11.6 Å². The first-order valence-corrected chi connectivity index (χ1v) is 8.59. The molecule has 0 saturated heterocycles. The molecule has 0 aliphatic carbocycles. The van der Waals surface area contributed by atoms with Gasteiger partial charge in [-0.15, -0.1) is 0 Å². The SMILES string of the molecule is C[C@@H](NC(=O)/C=C/c1c(Cl)nc2ccccn12)c1ccccc1Br. The van der Waals surface area contributed by atoms with Crippen molar-refractivity contribution >= 4 is 45.2 Å². The largest absolute Gasteiger partial charge is 0.346 e. The van der Waals surface area contributed by atoms with Crippen molar-refractivity contribution < 1.29 is 4.79 Å². The Morgan fingerprint density at radius 1 is 1.29 bits per heavy atom. The molecule has 0 aliphatic heterocycles. The molecule has 24 heavy (non-hydrogen) atoms. The van der Waals surface area contributed by atoms with Gasteiger partial charge in [0.2, 0.25) is 5.91 Å². The van der Waals surface area contributed by atoms with E-state index < -0.39 is 0 Å². The van der Waals surface area contributed by atoms with E-state index in [1.54, 1.807) is 6.08 Å². The molecule has 2 aromatic heterocycles. The standard InChI is InChI=1S/C18H15BrClN3O/c1-12(13-6-2-3-7-14(13)19)21-17(24)10-9-15-18(20)22-16-8-4-5-11-23(15)16/h2-12H,1H3,(H,21,24)/b10-9+/t12-/m1/s1. The summed E-state index contributed by atoms with van der Waals surface area (Å²) >= 11 is 9.65. The van der Waals surface area contributed by atoms with E-state index >= 15 is 0 Å². The highest BCUT2D eigenvalue weighted by molar-refractivity contribution is 9.10. The van der Waals surface area contributed by atoms with Gasteiger partial charge in [-0.3, -0.25) is 9.20 Å². The smallest absolute Gasteiger partial charge is 0.244 e. The first-order chi connectivity index (χ1) is 11.6.